The molecule has 0 radical (unpaired) electrons. The summed E-state index contributed by atoms with van der Waals surface area (Å²) in [6.45, 7) is 5.13. The maximum Gasteiger partial charge on any atom is 0.213 e. The SMILES string of the molecule is CCNc1nc(NCc2ncc(CC)o2)c(Cl)cc1Cl. The Bertz CT molecular complexity index is 586. The van der Waals surface area contributed by atoms with Crippen LogP contribution in [0.5, 0.6) is 0 Å². The van der Waals surface area contributed by atoms with Crippen molar-refractivity contribution in [2.75, 3.05) is 17.2 Å². The molecule has 2 N–H and O–H groups in total. The van der Waals surface area contributed by atoms with E-state index in [1.165, 1.54) is 0 Å². The number of aryl methyl sites for hydroxylation is 1. The number of hydrogen-bond donors (Lipinski definition) is 2. The van der Waals surface area contributed by atoms with E-state index in [4.69, 9.17) is 27.6 Å². The van der Waals surface area contributed by atoms with Crippen LogP contribution in [-0.2, 0) is 13.0 Å². The number of halogens is 2. The van der Waals surface area contributed by atoms with Crippen LogP contribution in [0.4, 0.5) is 11.6 Å². The highest BCUT2D eigenvalue weighted by atomic mass is 35.5. The topological polar surface area (TPSA) is 63.0 Å². The molecular weight excluding hydrogens is 299 g/mol. The summed E-state index contributed by atoms with van der Waals surface area (Å²) in [4.78, 5) is 8.51. The van der Waals surface area contributed by atoms with Crippen LogP contribution < -0.4 is 10.6 Å². The zero-order valence-electron chi connectivity index (χ0n) is 11.3. The van der Waals surface area contributed by atoms with E-state index in [1.54, 1.807) is 12.3 Å². The predicted molar refractivity (Wildman–Crippen MR) is 81.6 cm³/mol. The lowest BCUT2D eigenvalue weighted by Crippen LogP contribution is -2.06. The first kappa shape index (κ1) is 14.9. The lowest BCUT2D eigenvalue weighted by Gasteiger charge is -2.10. The summed E-state index contributed by atoms with van der Waals surface area (Å²) in [5.74, 6) is 2.59. The van der Waals surface area contributed by atoms with E-state index in [1.807, 2.05) is 13.8 Å². The van der Waals surface area contributed by atoms with Gasteiger partial charge in [0.1, 0.15) is 17.4 Å². The Morgan fingerprint density at radius 1 is 1.15 bits per heavy atom. The molecule has 0 aliphatic heterocycles. The first-order valence-corrected chi connectivity index (χ1v) is 7.17. The molecule has 2 aromatic rings. The molecule has 20 heavy (non-hydrogen) atoms. The predicted octanol–water partition coefficient (Wildman–Crippen LogP) is 3.98. The van der Waals surface area contributed by atoms with E-state index < -0.39 is 0 Å². The Hall–Kier alpha value is -1.46. The molecule has 5 nitrogen and oxygen atoms in total. The molecule has 0 atom stereocenters. The quantitative estimate of drug-likeness (QED) is 0.844. The second-order valence-electron chi connectivity index (χ2n) is 4.11. The Morgan fingerprint density at radius 2 is 1.85 bits per heavy atom. The van der Waals surface area contributed by atoms with Gasteiger partial charge in [-0.25, -0.2) is 9.97 Å². The van der Waals surface area contributed by atoms with E-state index in [9.17, 15) is 0 Å². The minimum atomic E-state index is 0.417. The second kappa shape index (κ2) is 6.81. The number of hydrogen-bond acceptors (Lipinski definition) is 5. The fourth-order valence-corrected chi connectivity index (χ4v) is 2.13. The molecule has 7 heteroatoms. The summed E-state index contributed by atoms with van der Waals surface area (Å²) < 4.78 is 5.51. The fourth-order valence-electron chi connectivity index (χ4n) is 1.63. The number of rotatable bonds is 6. The summed E-state index contributed by atoms with van der Waals surface area (Å²) in [6.07, 6.45) is 2.54. The van der Waals surface area contributed by atoms with Gasteiger partial charge >= 0.3 is 0 Å². The molecule has 2 rings (SSSR count). The Morgan fingerprint density at radius 3 is 2.45 bits per heavy atom. The highest BCUT2D eigenvalue weighted by molar-refractivity contribution is 6.37. The third-order valence-electron chi connectivity index (χ3n) is 2.63. The van der Waals surface area contributed by atoms with Gasteiger partial charge in [-0.2, -0.15) is 0 Å². The molecule has 0 aliphatic rings. The van der Waals surface area contributed by atoms with Crippen molar-refractivity contribution < 1.29 is 4.42 Å². The van der Waals surface area contributed by atoms with E-state index in [-0.39, 0.29) is 0 Å². The molecule has 0 bridgehead atoms. The van der Waals surface area contributed by atoms with Gasteiger partial charge in [-0.1, -0.05) is 30.1 Å². The van der Waals surface area contributed by atoms with Crippen LogP contribution in [0.15, 0.2) is 16.7 Å². The Labute approximate surface area is 127 Å². The summed E-state index contributed by atoms with van der Waals surface area (Å²) in [7, 11) is 0. The minimum Gasteiger partial charge on any atom is -0.444 e. The number of aromatic nitrogens is 2. The summed E-state index contributed by atoms with van der Waals surface area (Å²) in [6, 6.07) is 1.66. The van der Waals surface area contributed by atoms with Gasteiger partial charge in [-0.05, 0) is 13.0 Å². The minimum absolute atomic E-state index is 0.417. The van der Waals surface area contributed by atoms with Crippen molar-refractivity contribution >= 4 is 34.8 Å². The van der Waals surface area contributed by atoms with Crippen LogP contribution in [-0.4, -0.2) is 16.5 Å². The number of pyridine rings is 1. The van der Waals surface area contributed by atoms with Crippen molar-refractivity contribution in [1.82, 2.24) is 9.97 Å². The van der Waals surface area contributed by atoms with Crippen LogP contribution in [0.2, 0.25) is 10.0 Å². The van der Waals surface area contributed by atoms with Crippen LogP contribution in [0, 0.1) is 0 Å². The van der Waals surface area contributed by atoms with Crippen molar-refractivity contribution in [1.29, 1.82) is 0 Å². The maximum absolute atomic E-state index is 6.11. The van der Waals surface area contributed by atoms with E-state index >= 15 is 0 Å². The normalized spacial score (nSPS) is 10.6. The van der Waals surface area contributed by atoms with Crippen molar-refractivity contribution in [3.63, 3.8) is 0 Å². The molecule has 0 unspecified atom stereocenters. The van der Waals surface area contributed by atoms with E-state index in [2.05, 4.69) is 20.6 Å². The lowest BCUT2D eigenvalue weighted by molar-refractivity contribution is 0.465. The van der Waals surface area contributed by atoms with Gasteiger partial charge in [0.05, 0.1) is 22.8 Å². The smallest absolute Gasteiger partial charge is 0.213 e. The Kier molecular flexibility index (Phi) is 5.09. The van der Waals surface area contributed by atoms with Crippen LogP contribution >= 0.6 is 23.2 Å². The number of nitrogens with zero attached hydrogens (tertiary/aromatic N) is 2. The highest BCUT2D eigenvalue weighted by Crippen LogP contribution is 2.29. The summed E-state index contributed by atoms with van der Waals surface area (Å²) in [5.41, 5.74) is 0. The highest BCUT2D eigenvalue weighted by Gasteiger charge is 2.10. The molecule has 2 heterocycles. The standard InChI is InChI=1S/C13H16Cl2N4O/c1-3-8-6-17-11(20-8)7-18-13-10(15)5-9(14)12(19-13)16-4-2/h5-6H,3-4,7H2,1-2H3,(H2,16,18,19). The van der Waals surface area contributed by atoms with E-state index in [0.717, 1.165) is 18.7 Å². The third-order valence-corrected chi connectivity index (χ3v) is 3.21. The van der Waals surface area contributed by atoms with Gasteiger partial charge in [-0.3, -0.25) is 0 Å². The first-order chi connectivity index (χ1) is 9.63. The number of nitrogens with one attached hydrogen (secondary N) is 2. The lowest BCUT2D eigenvalue weighted by atomic mass is 10.4. The molecule has 108 valence electrons. The van der Waals surface area contributed by atoms with Crippen molar-refractivity contribution in [2.24, 2.45) is 0 Å². The zero-order valence-corrected chi connectivity index (χ0v) is 12.8. The average Bonchev–Trinajstić information content (AvgIpc) is 2.88. The average molecular weight is 315 g/mol. The third kappa shape index (κ3) is 3.55. The molecule has 0 fully saturated rings. The Balaban J connectivity index is 2.10. The van der Waals surface area contributed by atoms with Crippen molar-refractivity contribution in [3.8, 4) is 0 Å². The van der Waals surface area contributed by atoms with E-state index in [0.29, 0.717) is 34.1 Å². The molecule has 0 saturated carbocycles. The number of oxazole rings is 1. The largest absolute Gasteiger partial charge is 0.444 e. The molecule has 0 saturated heterocycles. The monoisotopic (exact) mass is 314 g/mol. The van der Waals surface area contributed by atoms with Crippen LogP contribution in [0.25, 0.3) is 0 Å². The second-order valence-corrected chi connectivity index (χ2v) is 4.92. The summed E-state index contributed by atoms with van der Waals surface area (Å²) >= 11 is 12.2. The zero-order chi connectivity index (χ0) is 14.5. The molecular formula is C13H16Cl2N4O. The maximum atomic E-state index is 6.11. The van der Waals surface area contributed by atoms with Gasteiger partial charge in [-0.15, -0.1) is 0 Å². The fraction of sp³-hybridized carbons (Fsp3) is 0.385. The molecule has 2 aromatic heterocycles. The molecule has 0 aromatic carbocycles. The first-order valence-electron chi connectivity index (χ1n) is 6.41. The van der Waals surface area contributed by atoms with Crippen LogP contribution in [0.1, 0.15) is 25.5 Å². The van der Waals surface area contributed by atoms with Gasteiger partial charge in [0, 0.05) is 13.0 Å². The summed E-state index contributed by atoms with van der Waals surface area (Å²) in [5, 5.41) is 7.12. The van der Waals surface area contributed by atoms with Gasteiger partial charge in [0.25, 0.3) is 0 Å². The van der Waals surface area contributed by atoms with Gasteiger partial charge in [0.15, 0.2) is 0 Å². The molecule has 0 aliphatic carbocycles. The van der Waals surface area contributed by atoms with Crippen molar-refractivity contribution in [3.05, 3.63) is 34.0 Å². The molecule has 0 amide bonds. The van der Waals surface area contributed by atoms with Gasteiger partial charge in [0.2, 0.25) is 5.89 Å². The van der Waals surface area contributed by atoms with Crippen molar-refractivity contribution in [2.45, 2.75) is 26.8 Å². The number of anilines is 2. The van der Waals surface area contributed by atoms with Crippen LogP contribution in [0.3, 0.4) is 0 Å². The van der Waals surface area contributed by atoms with Gasteiger partial charge < -0.3 is 15.1 Å². The molecule has 0 spiro atoms.